The Morgan fingerprint density at radius 2 is 1.47 bits per heavy atom. The Kier molecular flexibility index (Phi) is 8.98. The zero-order chi connectivity index (χ0) is 23.6. The molecule has 0 bridgehead atoms. The fourth-order valence-electron chi connectivity index (χ4n) is 3.79. The molecule has 1 N–H and O–H groups in total. The van der Waals surface area contributed by atoms with Gasteiger partial charge in [0.2, 0.25) is 0 Å². The molecule has 3 aromatic carbocycles. The third kappa shape index (κ3) is 6.61. The molecule has 176 valence electrons. The normalized spacial score (nSPS) is 24.3. The van der Waals surface area contributed by atoms with Crippen molar-refractivity contribution in [3.8, 4) is 0 Å². The fourth-order valence-corrected chi connectivity index (χ4v) is 4.93. The molecule has 8 heteroatoms. The molecule has 2 unspecified atom stereocenters. The van der Waals surface area contributed by atoms with Gasteiger partial charge in [-0.3, -0.25) is 0 Å². The maximum absolute atomic E-state index is 11.2. The Morgan fingerprint density at radius 1 is 0.882 bits per heavy atom. The van der Waals surface area contributed by atoms with Gasteiger partial charge >= 0.3 is 0 Å². The molecule has 7 nitrogen and oxygen atoms in total. The third-order valence-electron chi connectivity index (χ3n) is 5.50. The fraction of sp³-hybridized carbons (Fsp3) is 0.308. The van der Waals surface area contributed by atoms with Crippen LogP contribution in [-0.4, -0.2) is 41.5 Å². The van der Waals surface area contributed by atoms with Gasteiger partial charge in [0.05, 0.1) is 25.9 Å². The van der Waals surface area contributed by atoms with Crippen LogP contribution < -0.4 is 0 Å². The summed E-state index contributed by atoms with van der Waals surface area (Å²) in [4.78, 5) is 3.92. The predicted molar refractivity (Wildman–Crippen MR) is 131 cm³/mol. The van der Waals surface area contributed by atoms with Gasteiger partial charge in [-0.1, -0.05) is 95.7 Å². The number of hydrogen-bond acceptors (Lipinski definition) is 6. The molecule has 3 aromatic rings. The van der Waals surface area contributed by atoms with E-state index in [1.165, 1.54) is 11.8 Å². The van der Waals surface area contributed by atoms with Gasteiger partial charge < -0.3 is 19.3 Å². The summed E-state index contributed by atoms with van der Waals surface area (Å²) in [5, 5.41) is 15.1. The van der Waals surface area contributed by atoms with Crippen molar-refractivity contribution in [1.82, 2.24) is 0 Å². The molecule has 0 aliphatic carbocycles. The number of ether oxygens (including phenoxy) is 3. The second-order valence-corrected chi connectivity index (χ2v) is 9.09. The van der Waals surface area contributed by atoms with E-state index in [0.29, 0.717) is 13.2 Å². The minimum atomic E-state index is -1.06. The van der Waals surface area contributed by atoms with Gasteiger partial charge in [-0.25, -0.2) is 0 Å². The summed E-state index contributed by atoms with van der Waals surface area (Å²) in [5.41, 5.74) is 10.6. The quantitative estimate of drug-likeness (QED) is 0.241. The molecule has 0 radical (unpaired) electrons. The van der Waals surface area contributed by atoms with Gasteiger partial charge in [-0.05, 0) is 28.8 Å². The second kappa shape index (κ2) is 12.6. The van der Waals surface area contributed by atoms with E-state index in [9.17, 15) is 5.11 Å². The van der Waals surface area contributed by atoms with Crippen LogP contribution in [0.5, 0.6) is 0 Å². The first-order valence-electron chi connectivity index (χ1n) is 11.1. The number of aliphatic hydroxyl groups is 1. The molecule has 0 aromatic heterocycles. The Labute approximate surface area is 203 Å². The Hall–Kier alpha value is -2.84. The molecular weight excluding hydrogens is 450 g/mol. The zero-order valence-corrected chi connectivity index (χ0v) is 19.4. The third-order valence-corrected chi connectivity index (χ3v) is 6.67. The van der Waals surface area contributed by atoms with Crippen molar-refractivity contribution < 1.29 is 19.3 Å². The maximum atomic E-state index is 11.2. The molecular formula is C26H27N3O4S. The number of azide groups is 1. The van der Waals surface area contributed by atoms with Gasteiger partial charge in [-0.2, -0.15) is 0 Å². The van der Waals surface area contributed by atoms with Crippen molar-refractivity contribution in [3.05, 3.63) is 113 Å². The molecule has 4 rings (SSSR count). The maximum Gasteiger partial charge on any atom is 0.119 e. The van der Waals surface area contributed by atoms with Crippen molar-refractivity contribution in [1.29, 1.82) is 0 Å². The van der Waals surface area contributed by atoms with Crippen molar-refractivity contribution >= 4 is 11.8 Å². The number of thioether (sulfide) groups is 1. The van der Waals surface area contributed by atoms with Crippen molar-refractivity contribution in [2.75, 3.05) is 6.61 Å². The Balaban J connectivity index is 1.51. The van der Waals surface area contributed by atoms with Gasteiger partial charge in [0.1, 0.15) is 23.7 Å². The van der Waals surface area contributed by atoms with E-state index in [-0.39, 0.29) is 6.61 Å². The van der Waals surface area contributed by atoms with E-state index < -0.39 is 29.8 Å². The van der Waals surface area contributed by atoms with E-state index in [2.05, 4.69) is 10.0 Å². The van der Waals surface area contributed by atoms with Crippen LogP contribution in [0.3, 0.4) is 0 Å². The first-order valence-corrected chi connectivity index (χ1v) is 12.0. The minimum Gasteiger partial charge on any atom is -0.390 e. The lowest BCUT2D eigenvalue weighted by atomic mass is 9.98. The largest absolute Gasteiger partial charge is 0.390 e. The van der Waals surface area contributed by atoms with E-state index in [0.717, 1.165) is 16.0 Å². The van der Waals surface area contributed by atoms with Crippen LogP contribution in [0.25, 0.3) is 10.4 Å². The van der Waals surface area contributed by atoms with E-state index in [4.69, 9.17) is 19.7 Å². The summed E-state index contributed by atoms with van der Waals surface area (Å²) in [6.45, 7) is 0.930. The van der Waals surface area contributed by atoms with E-state index in [1.807, 2.05) is 91.0 Å². The number of benzene rings is 3. The first-order chi connectivity index (χ1) is 16.7. The van der Waals surface area contributed by atoms with Gasteiger partial charge in [0, 0.05) is 9.81 Å². The van der Waals surface area contributed by atoms with Crippen molar-refractivity contribution in [2.45, 2.75) is 47.9 Å². The summed E-state index contributed by atoms with van der Waals surface area (Å²) < 4.78 is 18.4. The van der Waals surface area contributed by atoms with E-state index in [1.54, 1.807) is 0 Å². The van der Waals surface area contributed by atoms with E-state index >= 15 is 0 Å². The molecule has 5 atom stereocenters. The standard InChI is InChI=1S/C26H27N3O4S/c27-29-28-23-24(30)25(32-17-20-12-6-2-7-13-20)22(18-31-16-19-10-4-1-5-11-19)33-26(23)34-21-14-8-3-9-15-21/h1-15,22-26,30H,16-18H2/t22?,23?,24-,25-,26+/m1/s1. The Morgan fingerprint density at radius 3 is 2.09 bits per heavy atom. The monoisotopic (exact) mass is 477 g/mol. The van der Waals surface area contributed by atoms with Crippen LogP contribution in [0.4, 0.5) is 0 Å². The number of nitrogens with zero attached hydrogens (tertiary/aromatic N) is 3. The molecule has 0 saturated carbocycles. The molecule has 0 amide bonds. The van der Waals surface area contributed by atoms with Crippen LogP contribution in [0.2, 0.25) is 0 Å². The Bertz CT molecular complexity index is 1050. The van der Waals surface area contributed by atoms with Crippen LogP contribution in [-0.2, 0) is 27.4 Å². The predicted octanol–water partition coefficient (Wildman–Crippen LogP) is 5.35. The number of aliphatic hydroxyl groups excluding tert-OH is 1. The van der Waals surface area contributed by atoms with Gasteiger partial charge in [-0.15, -0.1) is 0 Å². The lowest BCUT2D eigenvalue weighted by Gasteiger charge is -2.42. The number of hydrogen-bond donors (Lipinski definition) is 1. The summed E-state index contributed by atoms with van der Waals surface area (Å²) in [5.74, 6) is 0. The van der Waals surface area contributed by atoms with Crippen LogP contribution >= 0.6 is 11.8 Å². The van der Waals surface area contributed by atoms with Gasteiger partial charge in [0.25, 0.3) is 0 Å². The summed E-state index contributed by atoms with van der Waals surface area (Å²) in [6, 6.07) is 28.4. The SMILES string of the molecule is [N-]=[N+]=NC1[C@@H](O)[C@H](OCc2ccccc2)C(COCc2ccccc2)O[C@H]1Sc1ccccc1. The smallest absolute Gasteiger partial charge is 0.119 e. The highest BCUT2D eigenvalue weighted by molar-refractivity contribution is 7.99. The van der Waals surface area contributed by atoms with Crippen LogP contribution in [0, 0.1) is 0 Å². The van der Waals surface area contributed by atoms with Crippen molar-refractivity contribution in [2.24, 2.45) is 5.11 Å². The molecule has 0 spiro atoms. The summed E-state index contributed by atoms with van der Waals surface area (Å²) in [7, 11) is 0. The zero-order valence-electron chi connectivity index (χ0n) is 18.6. The second-order valence-electron chi connectivity index (χ2n) is 7.92. The van der Waals surface area contributed by atoms with Crippen LogP contribution in [0.15, 0.2) is 101 Å². The first kappa shape index (κ1) is 24.3. The lowest BCUT2D eigenvalue weighted by Crippen LogP contribution is -2.58. The number of rotatable bonds is 10. The van der Waals surface area contributed by atoms with Crippen molar-refractivity contribution in [3.63, 3.8) is 0 Å². The highest BCUT2D eigenvalue weighted by Gasteiger charge is 2.46. The average Bonchev–Trinajstić information content (AvgIpc) is 2.88. The summed E-state index contributed by atoms with van der Waals surface area (Å²) >= 11 is 1.41. The average molecular weight is 478 g/mol. The highest BCUT2D eigenvalue weighted by Crippen LogP contribution is 2.36. The van der Waals surface area contributed by atoms with Crippen LogP contribution in [0.1, 0.15) is 11.1 Å². The lowest BCUT2D eigenvalue weighted by molar-refractivity contribution is -0.195. The molecule has 34 heavy (non-hydrogen) atoms. The summed E-state index contributed by atoms with van der Waals surface area (Å²) in [6.07, 6.45) is -2.33. The molecule has 1 fully saturated rings. The molecule has 1 heterocycles. The topological polar surface area (TPSA) is 96.7 Å². The minimum absolute atomic E-state index is 0.222. The molecule has 1 aliphatic rings. The van der Waals surface area contributed by atoms with Gasteiger partial charge in [0.15, 0.2) is 0 Å². The molecule has 1 saturated heterocycles. The highest BCUT2D eigenvalue weighted by atomic mass is 32.2. The molecule has 1 aliphatic heterocycles.